The number of piperidine rings is 1. The number of carbonyl (C=O) groups excluding carboxylic acids is 2. The Morgan fingerprint density at radius 1 is 1.30 bits per heavy atom. The predicted molar refractivity (Wildman–Crippen MR) is 109 cm³/mol. The van der Waals surface area contributed by atoms with Gasteiger partial charge in [-0.2, -0.15) is 0 Å². The number of carbonyl (C=O) groups is 2. The van der Waals surface area contributed by atoms with E-state index in [1.54, 1.807) is 11.4 Å². The van der Waals surface area contributed by atoms with Crippen LogP contribution in [0.5, 0.6) is 0 Å². The molecule has 2 heterocycles. The number of amides is 2. The minimum atomic E-state index is -0.586. The first kappa shape index (κ1) is 23.3. The Morgan fingerprint density at radius 3 is 2.78 bits per heavy atom. The molecule has 0 bridgehead atoms. The molecule has 1 aromatic heterocycles. The Bertz CT molecular complexity index is 769. The van der Waals surface area contributed by atoms with Gasteiger partial charge in [0.15, 0.2) is 5.13 Å². The molecule has 1 aliphatic heterocycles. The van der Waals surface area contributed by atoms with Crippen LogP contribution in [0, 0.1) is 5.82 Å². The summed E-state index contributed by atoms with van der Waals surface area (Å²) in [6.07, 6.45) is 2.18. The molecule has 27 heavy (non-hydrogen) atoms. The van der Waals surface area contributed by atoms with E-state index in [1.165, 1.54) is 29.5 Å². The Kier molecular flexibility index (Phi) is 9.65. The minimum Gasteiger partial charge on any atom is -0.352 e. The third kappa shape index (κ3) is 6.73. The van der Waals surface area contributed by atoms with Crippen molar-refractivity contribution >= 4 is 53.1 Å². The summed E-state index contributed by atoms with van der Waals surface area (Å²) in [6.45, 7) is 1.77. The van der Waals surface area contributed by atoms with E-state index in [0.717, 1.165) is 25.9 Å². The fraction of sp³-hybridized carbons (Fsp3) is 0.353. The van der Waals surface area contributed by atoms with Gasteiger partial charge in [0.05, 0.1) is 17.7 Å². The van der Waals surface area contributed by atoms with E-state index < -0.39 is 11.7 Å². The first-order valence-electron chi connectivity index (χ1n) is 8.12. The molecule has 3 rings (SSSR count). The van der Waals surface area contributed by atoms with Gasteiger partial charge in [-0.25, -0.2) is 9.37 Å². The Morgan fingerprint density at radius 2 is 2.07 bits per heavy atom. The van der Waals surface area contributed by atoms with Crippen molar-refractivity contribution in [2.75, 3.05) is 18.4 Å². The van der Waals surface area contributed by atoms with Gasteiger partial charge in [-0.05, 0) is 31.5 Å². The van der Waals surface area contributed by atoms with Gasteiger partial charge >= 0.3 is 0 Å². The van der Waals surface area contributed by atoms with Gasteiger partial charge in [0.1, 0.15) is 5.82 Å². The molecule has 148 valence electrons. The highest BCUT2D eigenvalue weighted by atomic mass is 35.5. The maximum atomic E-state index is 13.6. The molecule has 0 unspecified atom stereocenters. The van der Waals surface area contributed by atoms with E-state index in [9.17, 15) is 14.0 Å². The number of nitrogens with zero attached hydrogens (tertiary/aromatic N) is 1. The van der Waals surface area contributed by atoms with Crippen LogP contribution < -0.4 is 16.0 Å². The average Bonchev–Trinajstić information content (AvgIpc) is 3.02. The molecule has 0 spiro atoms. The van der Waals surface area contributed by atoms with Crippen LogP contribution >= 0.6 is 36.2 Å². The molecule has 3 N–H and O–H groups in total. The maximum absolute atomic E-state index is 13.6. The third-order valence-corrected chi connectivity index (χ3v) is 4.70. The highest BCUT2D eigenvalue weighted by Crippen LogP contribution is 2.18. The van der Waals surface area contributed by atoms with Gasteiger partial charge in [0, 0.05) is 18.0 Å². The third-order valence-electron chi connectivity index (χ3n) is 3.89. The lowest BCUT2D eigenvalue weighted by Gasteiger charge is -2.23. The second kappa shape index (κ2) is 11.2. The van der Waals surface area contributed by atoms with Crippen molar-refractivity contribution in [1.82, 2.24) is 15.6 Å². The number of benzene rings is 1. The lowest BCUT2D eigenvalue weighted by molar-refractivity contribution is -0.121. The summed E-state index contributed by atoms with van der Waals surface area (Å²) < 4.78 is 13.6. The summed E-state index contributed by atoms with van der Waals surface area (Å²) >= 11 is 1.21. The van der Waals surface area contributed by atoms with Crippen molar-refractivity contribution in [1.29, 1.82) is 0 Å². The summed E-state index contributed by atoms with van der Waals surface area (Å²) in [4.78, 5) is 28.4. The molecular formula is C17H21Cl2FN4O2S. The summed E-state index contributed by atoms with van der Waals surface area (Å²) in [6, 6.07) is 5.90. The summed E-state index contributed by atoms with van der Waals surface area (Å²) in [5.74, 6) is -1.24. The molecular weight excluding hydrogens is 414 g/mol. The van der Waals surface area contributed by atoms with Crippen LogP contribution in [0.15, 0.2) is 29.6 Å². The Hall–Kier alpha value is -1.74. The van der Waals surface area contributed by atoms with Crippen LogP contribution in [0.2, 0.25) is 0 Å². The van der Waals surface area contributed by atoms with Gasteiger partial charge in [0.2, 0.25) is 5.91 Å². The van der Waals surface area contributed by atoms with Crippen molar-refractivity contribution in [3.05, 3.63) is 46.7 Å². The van der Waals surface area contributed by atoms with Crippen LogP contribution in [0.4, 0.5) is 9.52 Å². The van der Waals surface area contributed by atoms with Crippen LogP contribution in [0.1, 0.15) is 28.9 Å². The van der Waals surface area contributed by atoms with E-state index >= 15 is 0 Å². The molecule has 0 radical (unpaired) electrons. The van der Waals surface area contributed by atoms with Crippen LogP contribution in [-0.2, 0) is 11.2 Å². The lowest BCUT2D eigenvalue weighted by Crippen LogP contribution is -2.46. The van der Waals surface area contributed by atoms with Crippen LogP contribution in [0.25, 0.3) is 0 Å². The number of aromatic nitrogens is 1. The van der Waals surface area contributed by atoms with Crippen molar-refractivity contribution in [3.63, 3.8) is 0 Å². The van der Waals surface area contributed by atoms with Crippen molar-refractivity contribution in [2.24, 2.45) is 0 Å². The van der Waals surface area contributed by atoms with Gasteiger partial charge in [-0.1, -0.05) is 12.1 Å². The zero-order valence-electron chi connectivity index (χ0n) is 14.4. The standard InChI is InChI=1S/C17H19FN4O2S.2ClH/c18-14-6-2-1-5-13(14)16(24)22-17-21-12(10-25-17)8-15(23)20-11-4-3-7-19-9-11;;/h1-2,5-6,10-11,19H,3-4,7-9H2,(H,20,23)(H,21,22,24);2*1H/t11-;;/m0../s1. The van der Waals surface area contributed by atoms with Gasteiger partial charge in [-0.15, -0.1) is 36.2 Å². The van der Waals surface area contributed by atoms with E-state index in [0.29, 0.717) is 10.8 Å². The summed E-state index contributed by atoms with van der Waals surface area (Å²) in [5, 5.41) is 10.8. The van der Waals surface area contributed by atoms with Gasteiger partial charge in [-0.3, -0.25) is 14.9 Å². The monoisotopic (exact) mass is 434 g/mol. The van der Waals surface area contributed by atoms with Crippen molar-refractivity contribution in [2.45, 2.75) is 25.3 Å². The molecule has 0 saturated carbocycles. The summed E-state index contributed by atoms with van der Waals surface area (Å²) in [5.41, 5.74) is 0.539. The maximum Gasteiger partial charge on any atom is 0.260 e. The zero-order valence-corrected chi connectivity index (χ0v) is 16.8. The number of nitrogens with one attached hydrogen (secondary N) is 3. The molecule has 1 aliphatic rings. The normalized spacial score (nSPS) is 15.8. The van der Waals surface area contributed by atoms with E-state index in [1.807, 2.05) is 0 Å². The number of hydrogen-bond donors (Lipinski definition) is 3. The number of rotatable bonds is 5. The Labute approximate surface area is 173 Å². The van der Waals surface area contributed by atoms with Crippen LogP contribution in [0.3, 0.4) is 0 Å². The first-order chi connectivity index (χ1) is 12.1. The number of halogens is 3. The second-order valence-electron chi connectivity index (χ2n) is 5.87. The molecule has 2 amide bonds. The molecule has 1 fully saturated rings. The second-order valence-corrected chi connectivity index (χ2v) is 6.72. The SMILES string of the molecule is Cl.Cl.O=C(Cc1csc(NC(=O)c2ccccc2F)n1)N[C@H]1CCCNC1. The van der Waals surface area contributed by atoms with E-state index in [4.69, 9.17) is 0 Å². The van der Waals surface area contributed by atoms with Crippen LogP contribution in [-0.4, -0.2) is 35.9 Å². The first-order valence-corrected chi connectivity index (χ1v) is 9.00. The largest absolute Gasteiger partial charge is 0.352 e. The molecule has 10 heteroatoms. The molecule has 0 aliphatic carbocycles. The molecule has 6 nitrogen and oxygen atoms in total. The molecule has 1 atom stereocenters. The van der Waals surface area contributed by atoms with E-state index in [-0.39, 0.29) is 48.7 Å². The molecule has 1 saturated heterocycles. The number of thiazole rings is 1. The van der Waals surface area contributed by atoms with E-state index in [2.05, 4.69) is 20.9 Å². The van der Waals surface area contributed by atoms with Crippen molar-refractivity contribution < 1.29 is 14.0 Å². The minimum absolute atomic E-state index is 0. The molecule has 1 aromatic carbocycles. The fourth-order valence-electron chi connectivity index (χ4n) is 2.67. The van der Waals surface area contributed by atoms with Gasteiger partial charge < -0.3 is 10.6 Å². The smallest absolute Gasteiger partial charge is 0.260 e. The lowest BCUT2D eigenvalue weighted by atomic mass is 10.1. The highest BCUT2D eigenvalue weighted by molar-refractivity contribution is 7.14. The Balaban J connectivity index is 0.00000182. The highest BCUT2D eigenvalue weighted by Gasteiger charge is 2.17. The number of hydrogen-bond acceptors (Lipinski definition) is 5. The van der Waals surface area contributed by atoms with Gasteiger partial charge in [0.25, 0.3) is 5.91 Å². The predicted octanol–water partition coefficient (Wildman–Crippen LogP) is 2.79. The number of anilines is 1. The summed E-state index contributed by atoms with van der Waals surface area (Å²) in [7, 11) is 0. The van der Waals surface area contributed by atoms with Crippen molar-refractivity contribution in [3.8, 4) is 0 Å². The fourth-order valence-corrected chi connectivity index (χ4v) is 3.38. The average molecular weight is 435 g/mol. The quantitative estimate of drug-likeness (QED) is 0.675. The topological polar surface area (TPSA) is 83.1 Å². The molecule has 2 aromatic rings. The zero-order chi connectivity index (χ0) is 17.6.